The average molecular weight is 330 g/mol. The van der Waals surface area contributed by atoms with Crippen LogP contribution in [0.3, 0.4) is 0 Å². The average Bonchev–Trinajstić information content (AvgIpc) is 2.95. The van der Waals surface area contributed by atoms with Crippen LogP contribution in [0.5, 0.6) is 0 Å². The molecule has 1 saturated carbocycles. The second-order valence-electron chi connectivity index (χ2n) is 7.38. The zero-order valence-corrected chi connectivity index (χ0v) is 14.7. The van der Waals surface area contributed by atoms with Crippen molar-refractivity contribution < 1.29 is 9.90 Å². The van der Waals surface area contributed by atoms with Crippen LogP contribution in [0.2, 0.25) is 0 Å². The Morgan fingerprint density at radius 2 is 2.04 bits per heavy atom. The molecule has 2 fully saturated rings. The monoisotopic (exact) mass is 330 g/mol. The van der Waals surface area contributed by atoms with E-state index in [4.69, 9.17) is 0 Å². The van der Waals surface area contributed by atoms with E-state index in [-0.39, 0.29) is 18.7 Å². The Balaban J connectivity index is 1.70. The number of carbonyl (C=O) groups excluding carboxylic acids is 1. The van der Waals surface area contributed by atoms with E-state index in [1.54, 1.807) is 0 Å². The largest absolute Gasteiger partial charge is 0.396 e. The molecule has 1 saturated heterocycles. The van der Waals surface area contributed by atoms with Crippen molar-refractivity contribution in [2.24, 2.45) is 5.92 Å². The van der Waals surface area contributed by atoms with E-state index in [0.717, 1.165) is 24.8 Å². The second-order valence-corrected chi connectivity index (χ2v) is 7.38. The lowest BCUT2D eigenvalue weighted by Gasteiger charge is -2.34. The van der Waals surface area contributed by atoms with Gasteiger partial charge in [-0.15, -0.1) is 0 Å². The Morgan fingerprint density at radius 3 is 2.79 bits per heavy atom. The third-order valence-electron chi connectivity index (χ3n) is 5.73. The van der Waals surface area contributed by atoms with E-state index in [9.17, 15) is 9.90 Å². The molecule has 2 N–H and O–H groups in total. The summed E-state index contributed by atoms with van der Waals surface area (Å²) in [7, 11) is 0. The van der Waals surface area contributed by atoms with E-state index in [0.29, 0.717) is 24.4 Å². The molecule has 4 atom stereocenters. The molecule has 1 aromatic carbocycles. The summed E-state index contributed by atoms with van der Waals surface area (Å²) in [6, 6.07) is 10.9. The van der Waals surface area contributed by atoms with E-state index in [2.05, 4.69) is 29.3 Å². The summed E-state index contributed by atoms with van der Waals surface area (Å²) in [5.74, 6) is 0.687. The first kappa shape index (κ1) is 17.3. The summed E-state index contributed by atoms with van der Waals surface area (Å²) in [4.78, 5) is 15.1. The maximum Gasteiger partial charge on any atom is 0.318 e. The molecule has 1 aromatic rings. The predicted octanol–water partition coefficient (Wildman–Crippen LogP) is 3.86. The molecule has 1 heterocycles. The van der Waals surface area contributed by atoms with Crippen molar-refractivity contribution in [3.05, 3.63) is 35.9 Å². The van der Waals surface area contributed by atoms with E-state index in [1.165, 1.54) is 19.3 Å². The molecule has 0 radical (unpaired) electrons. The van der Waals surface area contributed by atoms with Gasteiger partial charge < -0.3 is 15.3 Å². The lowest BCUT2D eigenvalue weighted by atomic mass is 9.85. The van der Waals surface area contributed by atoms with Gasteiger partial charge in [0.25, 0.3) is 0 Å². The molecular formula is C20H30N2O2. The van der Waals surface area contributed by atoms with Gasteiger partial charge in [-0.25, -0.2) is 4.79 Å². The summed E-state index contributed by atoms with van der Waals surface area (Å²) in [6.45, 7) is 2.34. The molecule has 132 valence electrons. The van der Waals surface area contributed by atoms with Crippen LogP contribution in [0, 0.1) is 5.92 Å². The van der Waals surface area contributed by atoms with Crippen LogP contribution in [0.1, 0.15) is 63.5 Å². The number of rotatable bonds is 5. The minimum Gasteiger partial charge on any atom is -0.396 e. The number of benzene rings is 1. The number of fused-ring (bicyclic) bond motifs is 1. The van der Waals surface area contributed by atoms with Gasteiger partial charge >= 0.3 is 6.03 Å². The molecule has 4 heteroatoms. The van der Waals surface area contributed by atoms with Crippen LogP contribution < -0.4 is 5.32 Å². The van der Waals surface area contributed by atoms with Gasteiger partial charge in [0.2, 0.25) is 0 Å². The number of nitrogens with one attached hydrogen (secondary N) is 1. The fourth-order valence-corrected chi connectivity index (χ4v) is 4.59. The molecule has 0 spiro atoms. The number of likely N-dealkylation sites (tertiary alicyclic amines) is 1. The minimum absolute atomic E-state index is 0.0271. The first-order valence-corrected chi connectivity index (χ1v) is 9.45. The maximum absolute atomic E-state index is 13.0. The molecular weight excluding hydrogens is 300 g/mol. The number of nitrogens with zero attached hydrogens (tertiary/aromatic N) is 1. The molecule has 1 aliphatic heterocycles. The highest BCUT2D eigenvalue weighted by molar-refractivity contribution is 5.76. The van der Waals surface area contributed by atoms with Crippen LogP contribution in [0.25, 0.3) is 0 Å². The van der Waals surface area contributed by atoms with Gasteiger partial charge in [-0.05, 0) is 50.5 Å². The smallest absolute Gasteiger partial charge is 0.318 e. The Bertz CT molecular complexity index is 534. The first-order chi connectivity index (χ1) is 11.7. The zero-order chi connectivity index (χ0) is 16.9. The molecule has 1 aliphatic carbocycles. The molecule has 0 unspecified atom stereocenters. The molecule has 24 heavy (non-hydrogen) atoms. The van der Waals surface area contributed by atoms with Crippen molar-refractivity contribution in [1.29, 1.82) is 0 Å². The third kappa shape index (κ3) is 3.75. The fraction of sp³-hybridized carbons (Fsp3) is 0.650. The lowest BCUT2D eigenvalue weighted by Crippen LogP contribution is -2.48. The molecule has 2 amide bonds. The summed E-state index contributed by atoms with van der Waals surface area (Å²) in [5, 5.41) is 12.4. The number of hydrogen-bond acceptors (Lipinski definition) is 2. The van der Waals surface area contributed by atoms with Crippen LogP contribution in [-0.4, -0.2) is 34.7 Å². The topological polar surface area (TPSA) is 52.6 Å². The predicted molar refractivity (Wildman–Crippen MR) is 95.7 cm³/mol. The highest BCUT2D eigenvalue weighted by Gasteiger charge is 2.42. The zero-order valence-electron chi connectivity index (χ0n) is 14.7. The normalized spacial score (nSPS) is 27.6. The van der Waals surface area contributed by atoms with E-state index < -0.39 is 0 Å². The number of hydrogen-bond donors (Lipinski definition) is 2. The van der Waals surface area contributed by atoms with Crippen molar-refractivity contribution in [3.63, 3.8) is 0 Å². The highest BCUT2D eigenvalue weighted by atomic mass is 16.3. The van der Waals surface area contributed by atoms with E-state index in [1.807, 2.05) is 18.2 Å². The van der Waals surface area contributed by atoms with Gasteiger partial charge in [-0.3, -0.25) is 0 Å². The molecule has 0 aromatic heterocycles. The van der Waals surface area contributed by atoms with Crippen molar-refractivity contribution in [3.8, 4) is 0 Å². The number of aliphatic hydroxyl groups is 1. The van der Waals surface area contributed by atoms with Gasteiger partial charge in [0.15, 0.2) is 0 Å². The highest BCUT2D eigenvalue weighted by Crippen LogP contribution is 2.39. The van der Waals surface area contributed by atoms with Gasteiger partial charge in [-0.2, -0.15) is 0 Å². The van der Waals surface area contributed by atoms with Gasteiger partial charge in [0.05, 0.1) is 6.04 Å². The maximum atomic E-state index is 13.0. The molecule has 4 nitrogen and oxygen atoms in total. The standard InChI is InChI=1S/C20H30N2O2/c1-15-14-17-10-5-6-12-19(17)22(15)20(24)21-18(11-7-13-23)16-8-3-2-4-9-16/h2-4,8-9,15,17-19,23H,5-7,10-14H2,1H3,(H,21,24)/t15-,17+,18-,19+/m1/s1. The van der Waals surface area contributed by atoms with Gasteiger partial charge in [0.1, 0.15) is 0 Å². The Labute approximate surface area is 145 Å². The first-order valence-electron chi connectivity index (χ1n) is 9.45. The van der Waals surface area contributed by atoms with Crippen molar-refractivity contribution in [1.82, 2.24) is 10.2 Å². The van der Waals surface area contributed by atoms with E-state index >= 15 is 0 Å². The Hall–Kier alpha value is -1.55. The quantitative estimate of drug-likeness (QED) is 0.861. The Morgan fingerprint density at radius 1 is 1.29 bits per heavy atom. The Kier molecular flexibility index (Phi) is 5.77. The minimum atomic E-state index is -0.0271. The summed E-state index contributed by atoms with van der Waals surface area (Å²) in [6.07, 6.45) is 7.58. The number of amides is 2. The van der Waals surface area contributed by atoms with Gasteiger partial charge in [0, 0.05) is 18.7 Å². The SMILES string of the molecule is C[C@@H]1C[C@@H]2CCCC[C@@H]2N1C(=O)N[C@H](CCCO)c1ccccc1. The van der Waals surface area contributed by atoms with Crippen LogP contribution in [-0.2, 0) is 0 Å². The lowest BCUT2D eigenvalue weighted by molar-refractivity contribution is 0.151. The number of urea groups is 1. The van der Waals surface area contributed by atoms with Crippen LogP contribution in [0.15, 0.2) is 30.3 Å². The van der Waals surface area contributed by atoms with Crippen molar-refractivity contribution in [2.45, 2.75) is 70.0 Å². The number of carbonyl (C=O) groups is 1. The fourth-order valence-electron chi connectivity index (χ4n) is 4.59. The summed E-state index contributed by atoms with van der Waals surface area (Å²) in [5.41, 5.74) is 1.12. The summed E-state index contributed by atoms with van der Waals surface area (Å²) >= 11 is 0. The molecule has 0 bridgehead atoms. The van der Waals surface area contributed by atoms with Crippen molar-refractivity contribution in [2.75, 3.05) is 6.61 Å². The van der Waals surface area contributed by atoms with Crippen LogP contribution in [0.4, 0.5) is 4.79 Å². The molecule has 2 aliphatic rings. The van der Waals surface area contributed by atoms with Gasteiger partial charge in [-0.1, -0.05) is 43.2 Å². The summed E-state index contributed by atoms with van der Waals surface area (Å²) < 4.78 is 0. The van der Waals surface area contributed by atoms with Crippen molar-refractivity contribution >= 4 is 6.03 Å². The van der Waals surface area contributed by atoms with Crippen LogP contribution >= 0.6 is 0 Å². The molecule has 3 rings (SSSR count). The third-order valence-corrected chi connectivity index (χ3v) is 5.73. The second kappa shape index (κ2) is 8.02. The number of aliphatic hydroxyl groups excluding tert-OH is 1.